The van der Waals surface area contributed by atoms with E-state index in [1.807, 2.05) is 54.8 Å². The van der Waals surface area contributed by atoms with Crippen LogP contribution in [0.15, 0.2) is 60.2 Å². The minimum Gasteiger partial charge on any atom is -0.370 e. The van der Waals surface area contributed by atoms with Gasteiger partial charge in [0.1, 0.15) is 12.2 Å². The first kappa shape index (κ1) is 22.2. The van der Waals surface area contributed by atoms with Crippen LogP contribution >= 0.6 is 11.3 Å². The van der Waals surface area contributed by atoms with Crippen LogP contribution in [0.1, 0.15) is 26.8 Å². The van der Waals surface area contributed by atoms with Crippen molar-refractivity contribution in [3.63, 3.8) is 0 Å². The summed E-state index contributed by atoms with van der Waals surface area (Å²) in [6.45, 7) is 3.41. The van der Waals surface area contributed by atoms with E-state index >= 15 is 0 Å². The maximum Gasteiger partial charge on any atom is 0.270 e. The van der Waals surface area contributed by atoms with Gasteiger partial charge in [-0.3, -0.25) is 14.6 Å². The molecule has 0 spiro atoms. The van der Waals surface area contributed by atoms with Gasteiger partial charge in [-0.25, -0.2) is 4.98 Å². The molecule has 1 aliphatic heterocycles. The molecule has 1 N–H and O–H groups in total. The van der Waals surface area contributed by atoms with Gasteiger partial charge in [0.05, 0.1) is 30.0 Å². The Hall–Kier alpha value is -3.56. The summed E-state index contributed by atoms with van der Waals surface area (Å²) in [7, 11) is 0. The minimum absolute atomic E-state index is 0.00751. The van der Waals surface area contributed by atoms with Gasteiger partial charge in [0.2, 0.25) is 5.91 Å². The zero-order chi connectivity index (χ0) is 23.5. The van der Waals surface area contributed by atoms with Crippen molar-refractivity contribution >= 4 is 34.1 Å². The number of rotatable bonds is 6. The number of nitrogens with one attached hydrogen (secondary N) is 1. The van der Waals surface area contributed by atoms with Gasteiger partial charge in [0.15, 0.2) is 0 Å². The summed E-state index contributed by atoms with van der Waals surface area (Å²) in [6.07, 6.45) is 3.10. The van der Waals surface area contributed by atoms with Crippen LogP contribution in [0.3, 0.4) is 0 Å². The molecular weight excluding hydrogens is 450 g/mol. The molecule has 9 heteroatoms. The number of carbonyl (C=O) groups is 2. The normalized spacial score (nSPS) is 16.7. The van der Waals surface area contributed by atoms with Crippen molar-refractivity contribution in [1.82, 2.24) is 24.8 Å². The molecule has 0 saturated carbocycles. The number of thiazole rings is 1. The van der Waals surface area contributed by atoms with Crippen molar-refractivity contribution in [2.24, 2.45) is 0 Å². The fourth-order valence-electron chi connectivity index (χ4n) is 4.12. The molecule has 3 aromatic heterocycles. The van der Waals surface area contributed by atoms with E-state index in [4.69, 9.17) is 4.74 Å². The molecule has 4 heterocycles. The Morgan fingerprint density at radius 3 is 2.79 bits per heavy atom. The van der Waals surface area contributed by atoms with Gasteiger partial charge >= 0.3 is 0 Å². The maximum absolute atomic E-state index is 13.4. The first-order chi connectivity index (χ1) is 16.5. The molecule has 0 unspecified atom stereocenters. The Kier molecular flexibility index (Phi) is 6.37. The Balaban J connectivity index is 1.37. The van der Waals surface area contributed by atoms with Gasteiger partial charge in [-0.2, -0.15) is 0 Å². The number of hydrogen-bond acceptors (Lipinski definition) is 6. The number of aromatic amines is 1. The lowest BCUT2D eigenvalue weighted by Crippen LogP contribution is -2.39. The Morgan fingerprint density at radius 2 is 2.03 bits per heavy atom. The minimum atomic E-state index is -0.340. The summed E-state index contributed by atoms with van der Waals surface area (Å²) in [6, 6.07) is 13.3. The summed E-state index contributed by atoms with van der Waals surface area (Å²) in [5.41, 5.74) is 3.18. The van der Waals surface area contributed by atoms with E-state index in [9.17, 15) is 9.59 Å². The highest BCUT2D eigenvalue weighted by Gasteiger charge is 2.32. The van der Waals surface area contributed by atoms with E-state index in [1.54, 1.807) is 33.5 Å². The quantitative estimate of drug-likeness (QED) is 0.462. The van der Waals surface area contributed by atoms with E-state index in [0.717, 1.165) is 27.2 Å². The average Bonchev–Trinajstić information content (AvgIpc) is 3.43. The van der Waals surface area contributed by atoms with Crippen LogP contribution in [0, 0.1) is 6.92 Å². The summed E-state index contributed by atoms with van der Waals surface area (Å²) >= 11 is 1.56. The Bertz CT molecular complexity index is 1270. The van der Waals surface area contributed by atoms with Crippen LogP contribution in [0.25, 0.3) is 10.9 Å². The fraction of sp³-hybridized carbons (Fsp3) is 0.280. The standard InChI is InChI=1S/C25H25N5O3S/c1-17-27-20(16-34-17)11-29-12-21(33-15-18-6-8-26-9-7-18)13-30(14-24(29)31)25(32)23-10-19-4-2-3-5-22(19)28-23/h2-10,16,21,28H,11-15H2,1H3/t21-/m0/s1. The molecule has 1 saturated heterocycles. The molecule has 1 aromatic carbocycles. The SMILES string of the molecule is Cc1nc(CN2C[C@H](OCc3ccncc3)CN(C(=O)c3cc4ccccc4[nH]3)CC2=O)cs1. The number of fused-ring (bicyclic) bond motifs is 1. The topological polar surface area (TPSA) is 91.4 Å². The first-order valence-electron chi connectivity index (χ1n) is 11.1. The molecule has 0 radical (unpaired) electrons. The number of pyridine rings is 1. The summed E-state index contributed by atoms with van der Waals surface area (Å²) in [4.78, 5) is 41.7. The number of amides is 2. The van der Waals surface area contributed by atoms with Gasteiger partial charge in [0.25, 0.3) is 5.91 Å². The molecule has 8 nitrogen and oxygen atoms in total. The van der Waals surface area contributed by atoms with Crippen molar-refractivity contribution < 1.29 is 14.3 Å². The van der Waals surface area contributed by atoms with Gasteiger partial charge in [-0.15, -0.1) is 11.3 Å². The van der Waals surface area contributed by atoms with Crippen LogP contribution in [-0.2, 0) is 22.7 Å². The summed E-state index contributed by atoms with van der Waals surface area (Å²) in [5.74, 6) is -0.335. The van der Waals surface area contributed by atoms with Crippen molar-refractivity contribution in [1.29, 1.82) is 0 Å². The number of para-hydroxylation sites is 1. The molecule has 0 aliphatic carbocycles. The van der Waals surface area contributed by atoms with Crippen LogP contribution in [0.2, 0.25) is 0 Å². The van der Waals surface area contributed by atoms with Crippen LogP contribution in [0.4, 0.5) is 0 Å². The number of nitrogens with zero attached hydrogens (tertiary/aromatic N) is 4. The highest BCUT2D eigenvalue weighted by Crippen LogP contribution is 2.20. The third-order valence-corrected chi connectivity index (χ3v) is 6.65. The molecule has 174 valence electrons. The van der Waals surface area contributed by atoms with E-state index in [1.165, 1.54) is 0 Å². The van der Waals surface area contributed by atoms with Crippen molar-refractivity contribution in [3.8, 4) is 0 Å². The molecule has 0 bridgehead atoms. The Labute approximate surface area is 201 Å². The second-order valence-corrected chi connectivity index (χ2v) is 9.44. The molecule has 4 aromatic rings. The van der Waals surface area contributed by atoms with Gasteiger partial charge in [-0.1, -0.05) is 18.2 Å². The van der Waals surface area contributed by atoms with Crippen molar-refractivity contribution in [2.75, 3.05) is 19.6 Å². The molecular formula is C25H25N5O3S. The second-order valence-electron chi connectivity index (χ2n) is 8.38. The summed E-state index contributed by atoms with van der Waals surface area (Å²) in [5, 5.41) is 3.88. The number of carbonyl (C=O) groups excluding carboxylic acids is 2. The molecule has 5 rings (SSSR count). The predicted molar refractivity (Wildman–Crippen MR) is 129 cm³/mol. The first-order valence-corrected chi connectivity index (χ1v) is 12.0. The second kappa shape index (κ2) is 9.74. The van der Waals surface area contributed by atoms with Gasteiger partial charge < -0.3 is 19.5 Å². The highest BCUT2D eigenvalue weighted by molar-refractivity contribution is 7.09. The van der Waals surface area contributed by atoms with E-state index in [0.29, 0.717) is 31.9 Å². The molecule has 34 heavy (non-hydrogen) atoms. The lowest BCUT2D eigenvalue weighted by atomic mass is 10.2. The Morgan fingerprint density at radius 1 is 1.21 bits per heavy atom. The molecule has 1 fully saturated rings. The zero-order valence-electron chi connectivity index (χ0n) is 18.8. The summed E-state index contributed by atoms with van der Waals surface area (Å²) < 4.78 is 6.20. The number of aromatic nitrogens is 3. The monoisotopic (exact) mass is 475 g/mol. The maximum atomic E-state index is 13.4. The number of ether oxygens (including phenoxy) is 1. The third kappa shape index (κ3) is 5.00. The average molecular weight is 476 g/mol. The van der Waals surface area contributed by atoms with E-state index in [2.05, 4.69) is 15.0 Å². The van der Waals surface area contributed by atoms with Gasteiger partial charge in [0, 0.05) is 41.8 Å². The number of benzene rings is 1. The van der Waals surface area contributed by atoms with E-state index in [-0.39, 0.29) is 24.5 Å². The lowest BCUT2D eigenvalue weighted by molar-refractivity contribution is -0.132. The van der Waals surface area contributed by atoms with Crippen LogP contribution in [0.5, 0.6) is 0 Å². The van der Waals surface area contributed by atoms with Crippen molar-refractivity contribution in [3.05, 3.63) is 82.2 Å². The lowest BCUT2D eigenvalue weighted by Gasteiger charge is -2.24. The number of H-pyrrole nitrogens is 1. The number of hydrogen-bond donors (Lipinski definition) is 1. The molecule has 1 aliphatic rings. The third-order valence-electron chi connectivity index (χ3n) is 5.83. The number of aryl methyl sites for hydroxylation is 1. The highest BCUT2D eigenvalue weighted by atomic mass is 32.1. The van der Waals surface area contributed by atoms with E-state index < -0.39 is 0 Å². The van der Waals surface area contributed by atoms with Crippen LogP contribution < -0.4 is 0 Å². The van der Waals surface area contributed by atoms with Gasteiger partial charge in [-0.05, 0) is 36.8 Å². The van der Waals surface area contributed by atoms with Crippen molar-refractivity contribution in [2.45, 2.75) is 26.2 Å². The molecule has 2 amide bonds. The van der Waals surface area contributed by atoms with Crippen LogP contribution in [-0.4, -0.2) is 62.3 Å². The largest absolute Gasteiger partial charge is 0.370 e. The zero-order valence-corrected chi connectivity index (χ0v) is 19.6. The fourth-order valence-corrected chi connectivity index (χ4v) is 4.72. The smallest absolute Gasteiger partial charge is 0.270 e. The predicted octanol–water partition coefficient (Wildman–Crippen LogP) is 3.40. The molecule has 1 atom stereocenters.